The molecule has 0 saturated carbocycles. The van der Waals surface area contributed by atoms with Crippen molar-refractivity contribution < 1.29 is 27.4 Å². The van der Waals surface area contributed by atoms with E-state index in [1.165, 1.54) is 12.3 Å². The molecule has 0 bridgehead atoms. The van der Waals surface area contributed by atoms with E-state index < -0.39 is 23.1 Å². The molecule has 2 aromatic heterocycles. The van der Waals surface area contributed by atoms with Crippen molar-refractivity contribution in [2.45, 2.75) is 39.2 Å². The molecule has 0 unspecified atom stereocenters. The van der Waals surface area contributed by atoms with Gasteiger partial charge in [-0.3, -0.25) is 0 Å². The molecule has 32 heavy (non-hydrogen) atoms. The first-order valence-corrected chi connectivity index (χ1v) is 10.7. The summed E-state index contributed by atoms with van der Waals surface area (Å²) >= 11 is 0. The number of allylic oxidation sites excluding steroid dienone is 1. The van der Waals surface area contributed by atoms with Gasteiger partial charge in [-0.25, -0.2) is 13.6 Å². The summed E-state index contributed by atoms with van der Waals surface area (Å²) in [5.74, 6) is -1.86. The monoisotopic (exact) mass is 436 g/mol. The fraction of sp³-hybridized carbons (Fsp3) is 0.269. The molecule has 0 atom stereocenters. The van der Waals surface area contributed by atoms with E-state index in [1.807, 2.05) is 49.7 Å². The van der Waals surface area contributed by atoms with Crippen molar-refractivity contribution in [2.24, 2.45) is 7.05 Å². The fourth-order valence-corrected chi connectivity index (χ4v) is 4.65. The lowest BCUT2D eigenvalue weighted by molar-refractivity contribution is -0.741. The lowest BCUT2D eigenvalue weighted by Crippen LogP contribution is -2.59. The van der Waals surface area contributed by atoms with Gasteiger partial charge in [-0.1, -0.05) is 13.8 Å². The van der Waals surface area contributed by atoms with Crippen LogP contribution in [0, 0.1) is 18.6 Å². The second-order valence-corrected chi connectivity index (χ2v) is 8.14. The maximum Gasteiger partial charge on any atom is 0.408 e. The van der Waals surface area contributed by atoms with Gasteiger partial charge in [0, 0.05) is 48.7 Å². The third-order valence-electron chi connectivity index (χ3n) is 6.39. The van der Waals surface area contributed by atoms with E-state index in [0.717, 1.165) is 11.6 Å². The van der Waals surface area contributed by atoms with Gasteiger partial charge in [0.15, 0.2) is 17.9 Å². The molecule has 6 heteroatoms. The van der Waals surface area contributed by atoms with Crippen LogP contribution in [0.5, 0.6) is 0 Å². The summed E-state index contributed by atoms with van der Waals surface area (Å²) in [5.41, 5.74) is 2.68. The maximum absolute atomic E-state index is 15.1. The second kappa shape index (κ2) is 8.26. The predicted molar refractivity (Wildman–Crippen MR) is 116 cm³/mol. The SMILES string of the molecule is CCC1(CC)C(=COC(=O)c2cccc[n+]2C)c2cc(F)cc(F)c2-c2cc(C)cc[n+]21. The number of carbonyl (C=O) groups excluding carboxylic acids is 1. The van der Waals surface area contributed by atoms with E-state index in [0.29, 0.717) is 40.9 Å². The topological polar surface area (TPSA) is 34.1 Å². The summed E-state index contributed by atoms with van der Waals surface area (Å²) in [5, 5.41) is 0. The normalized spacial score (nSPS) is 15.2. The predicted octanol–water partition coefficient (Wildman–Crippen LogP) is 4.78. The number of benzene rings is 1. The van der Waals surface area contributed by atoms with Gasteiger partial charge < -0.3 is 4.74 Å². The number of carbonyl (C=O) groups is 1. The number of hydrogen-bond acceptors (Lipinski definition) is 2. The Morgan fingerprint density at radius 3 is 2.53 bits per heavy atom. The first-order valence-electron chi connectivity index (χ1n) is 10.7. The fourth-order valence-electron chi connectivity index (χ4n) is 4.65. The Balaban J connectivity index is 1.95. The zero-order valence-electron chi connectivity index (χ0n) is 18.7. The number of aromatic nitrogens is 2. The summed E-state index contributed by atoms with van der Waals surface area (Å²) in [6, 6.07) is 11.3. The van der Waals surface area contributed by atoms with Crippen LogP contribution in [0.3, 0.4) is 0 Å². The van der Waals surface area contributed by atoms with Crippen molar-refractivity contribution in [2.75, 3.05) is 0 Å². The molecule has 164 valence electrons. The summed E-state index contributed by atoms with van der Waals surface area (Å²) in [6.45, 7) is 5.98. The quantitative estimate of drug-likeness (QED) is 0.335. The number of rotatable bonds is 4. The van der Waals surface area contributed by atoms with E-state index in [2.05, 4.69) is 0 Å². The van der Waals surface area contributed by atoms with E-state index in [4.69, 9.17) is 4.74 Å². The van der Waals surface area contributed by atoms with Gasteiger partial charge in [-0.15, -0.1) is 0 Å². The summed E-state index contributed by atoms with van der Waals surface area (Å²) in [4.78, 5) is 12.8. The molecule has 4 rings (SSSR count). The van der Waals surface area contributed by atoms with Gasteiger partial charge in [0.05, 0.1) is 11.1 Å². The minimum absolute atomic E-state index is 0.306. The van der Waals surface area contributed by atoms with Gasteiger partial charge >= 0.3 is 5.97 Å². The molecule has 3 heterocycles. The summed E-state index contributed by atoms with van der Waals surface area (Å²) in [7, 11) is 1.75. The van der Waals surface area contributed by atoms with Crippen LogP contribution in [-0.4, -0.2) is 5.97 Å². The molecule has 0 fully saturated rings. The number of fused-ring (bicyclic) bond motifs is 3. The van der Waals surface area contributed by atoms with Crippen LogP contribution in [0.4, 0.5) is 8.78 Å². The number of aryl methyl sites for hydroxylation is 2. The van der Waals surface area contributed by atoms with Crippen LogP contribution in [0.2, 0.25) is 0 Å². The van der Waals surface area contributed by atoms with Crippen LogP contribution >= 0.6 is 0 Å². The molecule has 1 aliphatic heterocycles. The Kier molecular flexibility index (Phi) is 5.63. The Hall–Kier alpha value is -3.41. The largest absolute Gasteiger partial charge is 0.426 e. The Bertz CT molecular complexity index is 1250. The van der Waals surface area contributed by atoms with Gasteiger partial charge in [-0.05, 0) is 24.6 Å². The van der Waals surface area contributed by atoms with Crippen LogP contribution in [0.1, 0.15) is 48.3 Å². The number of pyridine rings is 2. The average molecular weight is 437 g/mol. The van der Waals surface area contributed by atoms with Crippen LogP contribution in [0.15, 0.2) is 61.1 Å². The number of nitrogens with zero attached hydrogens (tertiary/aromatic N) is 2. The first-order chi connectivity index (χ1) is 15.3. The number of halogens is 2. The highest BCUT2D eigenvalue weighted by Crippen LogP contribution is 2.45. The van der Waals surface area contributed by atoms with Gasteiger partial charge in [0.25, 0.3) is 5.69 Å². The molecule has 1 aliphatic rings. The maximum atomic E-state index is 15.1. The van der Waals surface area contributed by atoms with Crippen molar-refractivity contribution in [3.8, 4) is 11.3 Å². The van der Waals surface area contributed by atoms with Crippen LogP contribution < -0.4 is 9.13 Å². The standard InChI is InChI=1S/C26H26F2N2O2/c1-5-26(6-2)20(16-32-25(31)22-9-7-8-11-29(22)4)19-14-18(27)15-21(28)24(19)23-13-17(3)10-12-30(23)26/h7-16H,5-6H2,1-4H3/q+2. The van der Waals surface area contributed by atoms with Crippen molar-refractivity contribution in [1.82, 2.24) is 0 Å². The van der Waals surface area contributed by atoms with Crippen molar-refractivity contribution >= 4 is 11.5 Å². The third-order valence-corrected chi connectivity index (χ3v) is 6.39. The molecule has 0 saturated heterocycles. The molecule has 0 N–H and O–H groups in total. The summed E-state index contributed by atoms with van der Waals surface area (Å²) < 4.78 is 38.8. The van der Waals surface area contributed by atoms with E-state index in [9.17, 15) is 9.18 Å². The first kappa shape index (κ1) is 21.8. The zero-order valence-corrected chi connectivity index (χ0v) is 18.7. The van der Waals surface area contributed by atoms with E-state index in [-0.39, 0.29) is 0 Å². The summed E-state index contributed by atoms with van der Waals surface area (Å²) in [6.07, 6.45) is 6.34. The molecule has 0 spiro atoms. The zero-order chi connectivity index (χ0) is 23.0. The number of esters is 1. The third kappa shape index (κ3) is 3.40. The smallest absolute Gasteiger partial charge is 0.408 e. The van der Waals surface area contributed by atoms with E-state index >= 15 is 4.39 Å². The minimum atomic E-state index is -0.671. The van der Waals surface area contributed by atoms with Gasteiger partial charge in [-0.2, -0.15) is 9.13 Å². The Morgan fingerprint density at radius 2 is 1.84 bits per heavy atom. The molecular weight excluding hydrogens is 410 g/mol. The molecule has 0 amide bonds. The number of hydrogen-bond donors (Lipinski definition) is 0. The molecule has 0 aliphatic carbocycles. The lowest BCUT2D eigenvalue weighted by Gasteiger charge is -2.35. The molecular formula is C26H26F2N2O2+2. The van der Waals surface area contributed by atoms with Crippen molar-refractivity contribution in [3.63, 3.8) is 0 Å². The van der Waals surface area contributed by atoms with Gasteiger partial charge in [0.2, 0.25) is 5.69 Å². The highest BCUT2D eigenvalue weighted by atomic mass is 19.1. The van der Waals surface area contributed by atoms with Crippen molar-refractivity contribution in [3.05, 3.63) is 89.6 Å². The van der Waals surface area contributed by atoms with Crippen LogP contribution in [-0.2, 0) is 17.3 Å². The minimum Gasteiger partial charge on any atom is -0.426 e. The number of ether oxygens (including phenoxy) is 1. The second-order valence-electron chi connectivity index (χ2n) is 8.14. The average Bonchev–Trinajstić information content (AvgIpc) is 2.77. The lowest BCUT2D eigenvalue weighted by atomic mass is 9.75. The van der Waals surface area contributed by atoms with Crippen molar-refractivity contribution in [1.29, 1.82) is 0 Å². The highest BCUT2D eigenvalue weighted by Gasteiger charge is 2.49. The molecule has 1 aromatic carbocycles. The Labute approximate surface area is 186 Å². The van der Waals surface area contributed by atoms with Gasteiger partial charge in [0.1, 0.15) is 24.9 Å². The van der Waals surface area contributed by atoms with E-state index in [1.54, 1.807) is 29.9 Å². The molecule has 4 nitrogen and oxygen atoms in total. The molecule has 3 aromatic rings. The Morgan fingerprint density at radius 1 is 1.09 bits per heavy atom. The highest BCUT2D eigenvalue weighted by molar-refractivity contribution is 5.88. The molecule has 0 radical (unpaired) electrons. The van der Waals surface area contributed by atoms with Crippen LogP contribution in [0.25, 0.3) is 16.8 Å².